The van der Waals surface area contributed by atoms with E-state index in [1.54, 1.807) is 0 Å². The van der Waals surface area contributed by atoms with E-state index in [1.165, 1.54) is 12.8 Å². The molecule has 0 aromatic carbocycles. The molecule has 0 unspecified atom stereocenters. The standard InChI is InChI=1S/C11H23NO/c1-8(2)9-5-10(6-9)12-7-11(3,4)13/h8-10,12-13H,5-7H2,1-4H3. The Morgan fingerprint density at radius 2 is 1.92 bits per heavy atom. The van der Waals surface area contributed by atoms with E-state index in [9.17, 15) is 5.11 Å². The molecule has 0 amide bonds. The molecule has 78 valence electrons. The molecule has 0 bridgehead atoms. The van der Waals surface area contributed by atoms with Crippen molar-refractivity contribution >= 4 is 0 Å². The van der Waals surface area contributed by atoms with Crippen LogP contribution in [0.4, 0.5) is 0 Å². The highest BCUT2D eigenvalue weighted by Gasteiger charge is 2.31. The maximum atomic E-state index is 9.50. The van der Waals surface area contributed by atoms with Gasteiger partial charge in [0.15, 0.2) is 0 Å². The molecule has 0 aliphatic heterocycles. The highest BCUT2D eigenvalue weighted by atomic mass is 16.3. The van der Waals surface area contributed by atoms with Crippen molar-refractivity contribution in [1.82, 2.24) is 5.32 Å². The Balaban J connectivity index is 2.09. The van der Waals surface area contributed by atoms with Crippen LogP contribution in [0, 0.1) is 11.8 Å². The smallest absolute Gasteiger partial charge is 0.0715 e. The number of hydrogen-bond donors (Lipinski definition) is 2. The van der Waals surface area contributed by atoms with Gasteiger partial charge in [0.25, 0.3) is 0 Å². The third kappa shape index (κ3) is 3.65. The molecule has 1 aliphatic rings. The van der Waals surface area contributed by atoms with Crippen LogP contribution in [0.25, 0.3) is 0 Å². The van der Waals surface area contributed by atoms with Crippen molar-refractivity contribution in [2.24, 2.45) is 11.8 Å². The summed E-state index contributed by atoms with van der Waals surface area (Å²) in [5.74, 6) is 1.72. The summed E-state index contributed by atoms with van der Waals surface area (Å²) in [6.07, 6.45) is 2.57. The molecule has 0 radical (unpaired) electrons. The number of aliphatic hydroxyl groups is 1. The summed E-state index contributed by atoms with van der Waals surface area (Å²) >= 11 is 0. The summed E-state index contributed by atoms with van der Waals surface area (Å²) in [6.45, 7) is 8.98. The lowest BCUT2D eigenvalue weighted by molar-refractivity contribution is 0.0634. The minimum Gasteiger partial charge on any atom is -0.389 e. The first-order chi connectivity index (χ1) is 5.88. The molecule has 2 N–H and O–H groups in total. The van der Waals surface area contributed by atoms with Gasteiger partial charge in [-0.05, 0) is 38.5 Å². The number of nitrogens with one attached hydrogen (secondary N) is 1. The molecule has 2 nitrogen and oxygen atoms in total. The summed E-state index contributed by atoms with van der Waals surface area (Å²) in [7, 11) is 0. The molecule has 0 saturated heterocycles. The van der Waals surface area contributed by atoms with Gasteiger partial charge in [0, 0.05) is 12.6 Å². The Labute approximate surface area is 81.7 Å². The Bertz CT molecular complexity index is 154. The van der Waals surface area contributed by atoms with E-state index < -0.39 is 5.60 Å². The summed E-state index contributed by atoms with van der Waals surface area (Å²) < 4.78 is 0. The molecule has 1 fully saturated rings. The topological polar surface area (TPSA) is 32.3 Å². The third-order valence-electron chi connectivity index (χ3n) is 2.94. The van der Waals surface area contributed by atoms with Gasteiger partial charge in [-0.3, -0.25) is 0 Å². The molecule has 0 aromatic rings. The van der Waals surface area contributed by atoms with E-state index in [1.807, 2.05) is 13.8 Å². The second kappa shape index (κ2) is 3.97. The quantitative estimate of drug-likeness (QED) is 0.700. The van der Waals surface area contributed by atoms with Gasteiger partial charge in [-0.25, -0.2) is 0 Å². The van der Waals surface area contributed by atoms with Crippen molar-refractivity contribution in [1.29, 1.82) is 0 Å². The van der Waals surface area contributed by atoms with Crippen molar-refractivity contribution in [2.75, 3.05) is 6.54 Å². The first kappa shape index (κ1) is 11.0. The van der Waals surface area contributed by atoms with Crippen LogP contribution in [-0.4, -0.2) is 23.3 Å². The zero-order valence-electron chi connectivity index (χ0n) is 9.30. The fraction of sp³-hybridized carbons (Fsp3) is 1.00. The summed E-state index contributed by atoms with van der Waals surface area (Å²) in [5, 5.41) is 12.9. The minimum absolute atomic E-state index is 0.567. The molecule has 1 aliphatic carbocycles. The van der Waals surface area contributed by atoms with Crippen LogP contribution in [0.3, 0.4) is 0 Å². The van der Waals surface area contributed by atoms with Crippen molar-refractivity contribution in [3.05, 3.63) is 0 Å². The van der Waals surface area contributed by atoms with Crippen LogP contribution >= 0.6 is 0 Å². The lowest BCUT2D eigenvalue weighted by atomic mass is 9.73. The SMILES string of the molecule is CC(C)C1CC(NCC(C)(C)O)C1. The van der Waals surface area contributed by atoms with E-state index in [0.717, 1.165) is 11.8 Å². The largest absolute Gasteiger partial charge is 0.389 e. The van der Waals surface area contributed by atoms with Crippen LogP contribution in [-0.2, 0) is 0 Å². The monoisotopic (exact) mass is 185 g/mol. The zero-order chi connectivity index (χ0) is 10.1. The Morgan fingerprint density at radius 3 is 2.31 bits per heavy atom. The second-order valence-corrected chi connectivity index (χ2v) is 5.37. The van der Waals surface area contributed by atoms with Crippen LogP contribution < -0.4 is 5.32 Å². The molecular formula is C11H23NO. The molecule has 0 heterocycles. The molecule has 0 aromatic heterocycles. The Morgan fingerprint density at radius 1 is 1.38 bits per heavy atom. The van der Waals surface area contributed by atoms with Gasteiger partial charge < -0.3 is 10.4 Å². The third-order valence-corrected chi connectivity index (χ3v) is 2.94. The van der Waals surface area contributed by atoms with Gasteiger partial charge in [0.05, 0.1) is 5.60 Å². The normalized spacial score (nSPS) is 29.1. The predicted octanol–water partition coefficient (Wildman–Crippen LogP) is 1.78. The van der Waals surface area contributed by atoms with E-state index in [4.69, 9.17) is 0 Å². The summed E-state index contributed by atoms with van der Waals surface area (Å²) in [4.78, 5) is 0. The number of rotatable bonds is 4. The molecule has 2 heteroatoms. The van der Waals surface area contributed by atoms with Gasteiger partial charge in [-0.1, -0.05) is 13.8 Å². The first-order valence-corrected chi connectivity index (χ1v) is 5.34. The average molecular weight is 185 g/mol. The first-order valence-electron chi connectivity index (χ1n) is 5.34. The van der Waals surface area contributed by atoms with Gasteiger partial charge in [0.1, 0.15) is 0 Å². The summed E-state index contributed by atoms with van der Waals surface area (Å²) in [5.41, 5.74) is -0.567. The fourth-order valence-corrected chi connectivity index (χ4v) is 1.77. The van der Waals surface area contributed by atoms with Crippen LogP contribution in [0.1, 0.15) is 40.5 Å². The molecule has 1 rings (SSSR count). The van der Waals surface area contributed by atoms with Gasteiger partial charge in [-0.2, -0.15) is 0 Å². The number of hydrogen-bond acceptors (Lipinski definition) is 2. The average Bonchev–Trinajstić information content (AvgIpc) is 1.79. The van der Waals surface area contributed by atoms with E-state index in [-0.39, 0.29) is 0 Å². The summed E-state index contributed by atoms with van der Waals surface area (Å²) in [6, 6.07) is 0.652. The highest BCUT2D eigenvalue weighted by molar-refractivity contribution is 4.87. The van der Waals surface area contributed by atoms with Crippen LogP contribution in [0.2, 0.25) is 0 Å². The molecular weight excluding hydrogens is 162 g/mol. The maximum absolute atomic E-state index is 9.50. The zero-order valence-corrected chi connectivity index (χ0v) is 9.30. The molecule has 1 saturated carbocycles. The molecule has 0 atom stereocenters. The van der Waals surface area contributed by atoms with Crippen molar-refractivity contribution in [2.45, 2.75) is 52.2 Å². The van der Waals surface area contributed by atoms with Crippen LogP contribution in [0.5, 0.6) is 0 Å². The van der Waals surface area contributed by atoms with E-state index in [2.05, 4.69) is 19.2 Å². The van der Waals surface area contributed by atoms with Crippen LogP contribution in [0.15, 0.2) is 0 Å². The van der Waals surface area contributed by atoms with Crippen molar-refractivity contribution < 1.29 is 5.11 Å². The minimum atomic E-state index is -0.567. The highest BCUT2D eigenvalue weighted by Crippen LogP contribution is 2.33. The lowest BCUT2D eigenvalue weighted by Gasteiger charge is -2.39. The maximum Gasteiger partial charge on any atom is 0.0715 e. The molecule has 0 spiro atoms. The van der Waals surface area contributed by atoms with Gasteiger partial charge >= 0.3 is 0 Å². The van der Waals surface area contributed by atoms with Crippen molar-refractivity contribution in [3.8, 4) is 0 Å². The van der Waals surface area contributed by atoms with E-state index in [0.29, 0.717) is 12.6 Å². The Kier molecular flexibility index (Phi) is 3.36. The lowest BCUT2D eigenvalue weighted by Crippen LogP contribution is -2.47. The molecule has 13 heavy (non-hydrogen) atoms. The van der Waals surface area contributed by atoms with E-state index >= 15 is 0 Å². The van der Waals surface area contributed by atoms with Crippen molar-refractivity contribution in [3.63, 3.8) is 0 Å². The predicted molar refractivity (Wildman–Crippen MR) is 55.7 cm³/mol. The second-order valence-electron chi connectivity index (χ2n) is 5.37. The van der Waals surface area contributed by atoms with Gasteiger partial charge in [0.2, 0.25) is 0 Å². The fourth-order valence-electron chi connectivity index (χ4n) is 1.77. The Hall–Kier alpha value is -0.0800. The van der Waals surface area contributed by atoms with Gasteiger partial charge in [-0.15, -0.1) is 0 Å².